The molecule has 1 N–H and O–H groups in total. The maximum atomic E-state index is 3.73. The molecule has 18 heavy (non-hydrogen) atoms. The molecule has 0 aliphatic carbocycles. The van der Waals surface area contributed by atoms with Crippen LogP contribution in [0.2, 0.25) is 0 Å². The van der Waals surface area contributed by atoms with Gasteiger partial charge in [-0.15, -0.1) is 11.3 Å². The summed E-state index contributed by atoms with van der Waals surface area (Å²) in [5, 5.41) is 5.91. The van der Waals surface area contributed by atoms with Gasteiger partial charge in [0.2, 0.25) is 0 Å². The number of nitrogens with zero attached hydrogens (tertiary/aromatic N) is 1. The first-order valence-corrected chi connectivity index (χ1v) is 7.91. The average molecular weight is 266 g/mol. The van der Waals surface area contributed by atoms with Crippen molar-refractivity contribution < 1.29 is 0 Å². The summed E-state index contributed by atoms with van der Waals surface area (Å²) in [5.74, 6) is 0.756. The molecule has 1 aromatic rings. The van der Waals surface area contributed by atoms with Gasteiger partial charge in [0.1, 0.15) is 0 Å². The molecule has 1 aliphatic rings. The van der Waals surface area contributed by atoms with Crippen LogP contribution in [0.3, 0.4) is 0 Å². The van der Waals surface area contributed by atoms with Crippen molar-refractivity contribution in [2.24, 2.45) is 5.92 Å². The molecule has 0 spiro atoms. The topological polar surface area (TPSA) is 15.3 Å². The van der Waals surface area contributed by atoms with Gasteiger partial charge < -0.3 is 5.32 Å². The van der Waals surface area contributed by atoms with Crippen molar-refractivity contribution in [1.82, 2.24) is 10.2 Å². The monoisotopic (exact) mass is 266 g/mol. The fraction of sp³-hybridized carbons (Fsp3) is 0.733. The highest BCUT2D eigenvalue weighted by Gasteiger charge is 2.35. The molecule has 3 heteroatoms. The molecule has 1 fully saturated rings. The molecule has 0 amide bonds. The fourth-order valence-corrected chi connectivity index (χ4v) is 3.30. The van der Waals surface area contributed by atoms with Crippen molar-refractivity contribution in [3.8, 4) is 0 Å². The Bertz CT molecular complexity index is 359. The summed E-state index contributed by atoms with van der Waals surface area (Å²) < 4.78 is 0. The summed E-state index contributed by atoms with van der Waals surface area (Å²) in [6.07, 6.45) is 1.25. The molecule has 0 aromatic carbocycles. The minimum Gasteiger partial charge on any atom is -0.311 e. The van der Waals surface area contributed by atoms with Gasteiger partial charge in [0.25, 0.3) is 0 Å². The quantitative estimate of drug-likeness (QED) is 0.899. The van der Waals surface area contributed by atoms with E-state index in [1.807, 2.05) is 11.3 Å². The van der Waals surface area contributed by atoms with Crippen LogP contribution >= 0.6 is 11.3 Å². The van der Waals surface area contributed by atoms with Gasteiger partial charge >= 0.3 is 0 Å². The molecule has 2 nitrogen and oxygen atoms in total. The largest absolute Gasteiger partial charge is 0.311 e. The maximum Gasteiger partial charge on any atom is 0.0334 e. The first-order valence-electron chi connectivity index (χ1n) is 7.03. The smallest absolute Gasteiger partial charge is 0.0334 e. The van der Waals surface area contributed by atoms with Crippen LogP contribution in [0.1, 0.15) is 39.0 Å². The van der Waals surface area contributed by atoms with E-state index in [4.69, 9.17) is 0 Å². The molecule has 1 aromatic heterocycles. The lowest BCUT2D eigenvalue weighted by Crippen LogP contribution is -2.62. The van der Waals surface area contributed by atoms with E-state index in [2.05, 4.69) is 55.4 Å². The molecule has 2 atom stereocenters. The predicted octanol–water partition coefficient (Wildman–Crippen LogP) is 3.35. The molecule has 0 bridgehead atoms. The Hall–Kier alpha value is -0.380. The highest BCUT2D eigenvalue weighted by atomic mass is 32.1. The number of hydrogen-bond acceptors (Lipinski definition) is 3. The molecule has 102 valence electrons. The lowest BCUT2D eigenvalue weighted by molar-refractivity contribution is 0.0457. The number of rotatable bonds is 4. The Labute approximate surface area is 115 Å². The minimum atomic E-state index is 0.258. The van der Waals surface area contributed by atoms with Crippen LogP contribution in [0.15, 0.2) is 17.5 Å². The molecule has 0 saturated carbocycles. The van der Waals surface area contributed by atoms with Crippen molar-refractivity contribution >= 4 is 11.3 Å². The Morgan fingerprint density at radius 3 is 2.94 bits per heavy atom. The summed E-state index contributed by atoms with van der Waals surface area (Å²) >= 11 is 1.87. The van der Waals surface area contributed by atoms with Crippen molar-refractivity contribution in [2.45, 2.75) is 52.2 Å². The molecule has 1 aliphatic heterocycles. The Kier molecular flexibility index (Phi) is 4.46. The van der Waals surface area contributed by atoms with E-state index in [0.29, 0.717) is 6.04 Å². The fourth-order valence-electron chi connectivity index (χ4n) is 2.58. The van der Waals surface area contributed by atoms with Gasteiger partial charge in [-0.2, -0.15) is 0 Å². The van der Waals surface area contributed by atoms with E-state index in [-0.39, 0.29) is 5.54 Å². The highest BCUT2D eigenvalue weighted by Crippen LogP contribution is 2.25. The lowest BCUT2D eigenvalue weighted by Gasteiger charge is -2.47. The number of piperazine rings is 1. The average Bonchev–Trinajstić information content (AvgIpc) is 2.83. The Morgan fingerprint density at radius 2 is 2.33 bits per heavy atom. The number of nitrogens with one attached hydrogen (secondary N) is 1. The molecule has 2 unspecified atom stereocenters. The summed E-state index contributed by atoms with van der Waals surface area (Å²) in [7, 11) is 0. The van der Waals surface area contributed by atoms with Gasteiger partial charge in [-0.25, -0.2) is 0 Å². The van der Waals surface area contributed by atoms with Gasteiger partial charge in [0.15, 0.2) is 0 Å². The van der Waals surface area contributed by atoms with E-state index in [1.54, 1.807) is 0 Å². The second-order valence-electron chi connectivity index (χ2n) is 6.15. The number of hydrogen-bond donors (Lipinski definition) is 1. The van der Waals surface area contributed by atoms with E-state index in [9.17, 15) is 0 Å². The summed E-state index contributed by atoms with van der Waals surface area (Å²) in [5.41, 5.74) is 0.258. The zero-order valence-corrected chi connectivity index (χ0v) is 12.9. The van der Waals surface area contributed by atoms with Crippen LogP contribution in [0.25, 0.3) is 0 Å². The predicted molar refractivity (Wildman–Crippen MR) is 80.1 cm³/mol. The summed E-state index contributed by atoms with van der Waals surface area (Å²) in [4.78, 5) is 4.12. The zero-order valence-electron chi connectivity index (χ0n) is 12.1. The van der Waals surface area contributed by atoms with Crippen LogP contribution in [0.5, 0.6) is 0 Å². The standard InChI is InChI=1S/C15H26N2S/c1-5-12(2)14-10-17(15(3,4)11-16-14)9-13-7-6-8-18-13/h6-8,12,14,16H,5,9-11H2,1-4H3. The third kappa shape index (κ3) is 3.14. The van der Waals surface area contributed by atoms with Crippen LogP contribution in [-0.2, 0) is 6.54 Å². The first-order chi connectivity index (χ1) is 8.53. The van der Waals surface area contributed by atoms with E-state index in [0.717, 1.165) is 19.0 Å². The van der Waals surface area contributed by atoms with Crippen molar-refractivity contribution in [1.29, 1.82) is 0 Å². The zero-order chi connectivity index (χ0) is 13.2. The summed E-state index contributed by atoms with van der Waals surface area (Å²) in [6.45, 7) is 12.7. The third-order valence-electron chi connectivity index (χ3n) is 4.33. The molecule has 1 saturated heterocycles. The van der Waals surface area contributed by atoms with E-state index >= 15 is 0 Å². The van der Waals surface area contributed by atoms with Crippen LogP contribution in [0, 0.1) is 5.92 Å². The summed E-state index contributed by atoms with van der Waals surface area (Å²) in [6, 6.07) is 5.05. The van der Waals surface area contributed by atoms with Gasteiger partial charge in [-0.3, -0.25) is 4.90 Å². The second-order valence-corrected chi connectivity index (χ2v) is 7.18. The van der Waals surface area contributed by atoms with Gasteiger partial charge in [0.05, 0.1) is 0 Å². The van der Waals surface area contributed by atoms with Crippen molar-refractivity contribution in [3.63, 3.8) is 0 Å². The maximum absolute atomic E-state index is 3.73. The molecule has 0 radical (unpaired) electrons. The SMILES string of the molecule is CCC(C)C1CN(Cc2cccs2)C(C)(C)CN1. The first kappa shape index (κ1) is 14.0. The molecular formula is C15H26N2S. The highest BCUT2D eigenvalue weighted by molar-refractivity contribution is 7.09. The van der Waals surface area contributed by atoms with E-state index in [1.165, 1.54) is 17.8 Å². The molecule has 2 heterocycles. The normalized spacial score (nSPS) is 26.1. The molecular weight excluding hydrogens is 240 g/mol. The second kappa shape index (κ2) is 5.72. The number of thiophene rings is 1. The Balaban J connectivity index is 2.04. The minimum absolute atomic E-state index is 0.258. The van der Waals surface area contributed by atoms with E-state index < -0.39 is 0 Å². The van der Waals surface area contributed by atoms with Crippen LogP contribution < -0.4 is 5.32 Å². The Morgan fingerprint density at radius 1 is 1.56 bits per heavy atom. The molecule has 2 rings (SSSR count). The van der Waals surface area contributed by atoms with Crippen molar-refractivity contribution in [2.75, 3.05) is 13.1 Å². The van der Waals surface area contributed by atoms with Gasteiger partial charge in [0, 0.05) is 36.1 Å². The van der Waals surface area contributed by atoms with Crippen LogP contribution in [0.4, 0.5) is 0 Å². The van der Waals surface area contributed by atoms with Gasteiger partial charge in [-0.05, 0) is 31.2 Å². The van der Waals surface area contributed by atoms with Gasteiger partial charge in [-0.1, -0.05) is 26.3 Å². The van der Waals surface area contributed by atoms with Crippen molar-refractivity contribution in [3.05, 3.63) is 22.4 Å². The third-order valence-corrected chi connectivity index (χ3v) is 5.19. The van der Waals surface area contributed by atoms with Crippen LogP contribution in [-0.4, -0.2) is 29.6 Å². The lowest BCUT2D eigenvalue weighted by atomic mass is 9.91.